The van der Waals surface area contributed by atoms with E-state index in [4.69, 9.17) is 4.74 Å². The largest absolute Gasteiger partial charge is 0.495 e. The number of methoxy groups -OCH3 is 1. The Morgan fingerprint density at radius 1 is 1.10 bits per heavy atom. The zero-order valence-electron chi connectivity index (χ0n) is 16.0. The Bertz CT molecular complexity index is 1140. The summed E-state index contributed by atoms with van der Waals surface area (Å²) in [5, 5.41) is 7.25. The van der Waals surface area contributed by atoms with E-state index in [9.17, 15) is 4.79 Å². The summed E-state index contributed by atoms with van der Waals surface area (Å²) in [4.78, 5) is 24.0. The lowest BCUT2D eigenvalue weighted by atomic mass is 10.1. The van der Waals surface area contributed by atoms with Gasteiger partial charge in [0.2, 0.25) is 0 Å². The predicted octanol–water partition coefficient (Wildman–Crippen LogP) is 3.68. The standard InChI is InChI=1S/C22H21N5O2/c1-29-20-9-5-4-8-18(20)27-21-12-19(25-14-26-21)22(28)23-11-10-15-13-24-17-7-3-2-6-16(15)17/h2-9,12-14,24H,10-11H2,1H3,(H,23,28)(H,25,26,27). The average molecular weight is 387 g/mol. The third-order valence-electron chi connectivity index (χ3n) is 4.62. The fourth-order valence-electron chi connectivity index (χ4n) is 3.18. The molecule has 2 heterocycles. The summed E-state index contributed by atoms with van der Waals surface area (Å²) in [6, 6.07) is 17.2. The van der Waals surface area contributed by atoms with Crippen LogP contribution < -0.4 is 15.4 Å². The van der Waals surface area contributed by atoms with E-state index in [1.807, 2.05) is 48.7 Å². The number of nitrogens with zero attached hydrogens (tertiary/aromatic N) is 2. The molecule has 0 aliphatic carbocycles. The Labute approximate surface area is 168 Å². The van der Waals surface area contributed by atoms with Crippen molar-refractivity contribution in [2.75, 3.05) is 19.0 Å². The third kappa shape index (κ3) is 4.19. The molecule has 7 nitrogen and oxygen atoms in total. The van der Waals surface area contributed by atoms with Crippen molar-refractivity contribution >= 4 is 28.3 Å². The molecule has 0 aliphatic rings. The average Bonchev–Trinajstić information content (AvgIpc) is 3.17. The first-order valence-electron chi connectivity index (χ1n) is 9.30. The van der Waals surface area contributed by atoms with E-state index in [2.05, 4.69) is 31.7 Å². The van der Waals surface area contributed by atoms with Gasteiger partial charge in [-0.2, -0.15) is 0 Å². The van der Waals surface area contributed by atoms with E-state index < -0.39 is 0 Å². The molecule has 1 amide bonds. The van der Waals surface area contributed by atoms with Gasteiger partial charge in [0.25, 0.3) is 5.91 Å². The number of ether oxygens (including phenoxy) is 1. The van der Waals surface area contributed by atoms with Crippen LogP contribution in [0, 0.1) is 0 Å². The van der Waals surface area contributed by atoms with Crippen molar-refractivity contribution in [3.8, 4) is 5.75 Å². The van der Waals surface area contributed by atoms with Crippen molar-refractivity contribution in [1.82, 2.24) is 20.3 Å². The third-order valence-corrected chi connectivity index (χ3v) is 4.62. The molecule has 0 atom stereocenters. The van der Waals surface area contributed by atoms with Gasteiger partial charge in [-0.15, -0.1) is 0 Å². The maximum absolute atomic E-state index is 12.5. The zero-order valence-corrected chi connectivity index (χ0v) is 16.0. The van der Waals surface area contributed by atoms with Gasteiger partial charge in [0.1, 0.15) is 23.6 Å². The minimum Gasteiger partial charge on any atom is -0.495 e. The van der Waals surface area contributed by atoms with Crippen molar-refractivity contribution < 1.29 is 9.53 Å². The first-order chi connectivity index (χ1) is 14.2. The van der Waals surface area contributed by atoms with Gasteiger partial charge >= 0.3 is 0 Å². The van der Waals surface area contributed by atoms with Crippen LogP contribution in [0.15, 0.2) is 67.1 Å². The molecule has 4 aromatic rings. The number of carbonyl (C=O) groups is 1. The summed E-state index contributed by atoms with van der Waals surface area (Å²) in [5.74, 6) is 0.970. The molecule has 0 aliphatic heterocycles. The van der Waals surface area contributed by atoms with Crippen LogP contribution in [0.5, 0.6) is 5.75 Å². The maximum atomic E-state index is 12.5. The smallest absolute Gasteiger partial charge is 0.270 e. The van der Waals surface area contributed by atoms with Crippen molar-refractivity contribution in [2.45, 2.75) is 6.42 Å². The molecular formula is C22H21N5O2. The topological polar surface area (TPSA) is 91.9 Å². The number of nitrogens with one attached hydrogen (secondary N) is 3. The molecule has 2 aromatic carbocycles. The van der Waals surface area contributed by atoms with Crippen LogP contribution in [-0.4, -0.2) is 34.5 Å². The lowest BCUT2D eigenvalue weighted by Crippen LogP contribution is -2.26. The molecule has 0 radical (unpaired) electrons. The summed E-state index contributed by atoms with van der Waals surface area (Å²) in [6.45, 7) is 0.514. The second kappa shape index (κ2) is 8.43. The molecule has 0 saturated heterocycles. The molecule has 0 spiro atoms. The van der Waals surface area contributed by atoms with Crippen molar-refractivity contribution in [2.24, 2.45) is 0 Å². The predicted molar refractivity (Wildman–Crippen MR) is 113 cm³/mol. The Kier molecular flexibility index (Phi) is 5.38. The lowest BCUT2D eigenvalue weighted by Gasteiger charge is -2.10. The van der Waals surface area contributed by atoms with Crippen LogP contribution in [0.1, 0.15) is 16.1 Å². The molecule has 0 unspecified atom stereocenters. The van der Waals surface area contributed by atoms with E-state index in [-0.39, 0.29) is 5.91 Å². The van der Waals surface area contributed by atoms with Gasteiger partial charge in [0, 0.05) is 29.7 Å². The molecule has 7 heteroatoms. The Morgan fingerprint density at radius 3 is 2.83 bits per heavy atom. The maximum Gasteiger partial charge on any atom is 0.270 e. The fourth-order valence-corrected chi connectivity index (χ4v) is 3.18. The van der Waals surface area contributed by atoms with Crippen LogP contribution in [0.3, 0.4) is 0 Å². The number of rotatable bonds is 7. The van der Waals surface area contributed by atoms with E-state index in [1.165, 1.54) is 17.3 Å². The zero-order chi connectivity index (χ0) is 20.1. The molecule has 146 valence electrons. The monoisotopic (exact) mass is 387 g/mol. The molecule has 2 aromatic heterocycles. The normalized spacial score (nSPS) is 10.7. The number of carbonyl (C=O) groups excluding carboxylic acids is 1. The summed E-state index contributed by atoms with van der Waals surface area (Å²) in [5.41, 5.74) is 3.33. The fraction of sp³-hybridized carbons (Fsp3) is 0.136. The molecular weight excluding hydrogens is 366 g/mol. The van der Waals surface area contributed by atoms with Gasteiger partial charge in [0.15, 0.2) is 0 Å². The number of hydrogen-bond donors (Lipinski definition) is 3. The van der Waals surface area contributed by atoms with E-state index in [1.54, 1.807) is 13.2 Å². The van der Waals surface area contributed by atoms with E-state index >= 15 is 0 Å². The molecule has 0 saturated carbocycles. The first-order valence-corrected chi connectivity index (χ1v) is 9.30. The molecule has 0 bridgehead atoms. The Balaban J connectivity index is 1.39. The number of benzene rings is 2. The van der Waals surface area contributed by atoms with E-state index in [0.29, 0.717) is 23.8 Å². The number of amides is 1. The summed E-state index contributed by atoms with van der Waals surface area (Å²) < 4.78 is 5.33. The highest BCUT2D eigenvalue weighted by molar-refractivity contribution is 5.93. The Morgan fingerprint density at radius 2 is 1.93 bits per heavy atom. The lowest BCUT2D eigenvalue weighted by molar-refractivity contribution is 0.0949. The van der Waals surface area contributed by atoms with Crippen LogP contribution in [0.4, 0.5) is 11.5 Å². The summed E-state index contributed by atoms with van der Waals surface area (Å²) in [7, 11) is 1.60. The van der Waals surface area contributed by atoms with E-state index in [0.717, 1.165) is 17.6 Å². The highest BCUT2D eigenvalue weighted by Gasteiger charge is 2.10. The van der Waals surface area contributed by atoms with Crippen molar-refractivity contribution in [1.29, 1.82) is 0 Å². The van der Waals surface area contributed by atoms with Gasteiger partial charge in [-0.05, 0) is 30.2 Å². The van der Waals surface area contributed by atoms with Gasteiger partial charge in [0.05, 0.1) is 12.8 Å². The molecule has 29 heavy (non-hydrogen) atoms. The number of aromatic amines is 1. The van der Waals surface area contributed by atoms with Crippen LogP contribution >= 0.6 is 0 Å². The van der Waals surface area contributed by atoms with Gasteiger partial charge in [-0.1, -0.05) is 30.3 Å². The second-order valence-electron chi connectivity index (χ2n) is 6.48. The molecule has 0 fully saturated rings. The number of H-pyrrole nitrogens is 1. The number of fused-ring (bicyclic) bond motifs is 1. The van der Waals surface area contributed by atoms with Crippen LogP contribution in [-0.2, 0) is 6.42 Å². The van der Waals surface area contributed by atoms with Crippen molar-refractivity contribution in [3.05, 3.63) is 78.4 Å². The van der Waals surface area contributed by atoms with Gasteiger partial charge in [-0.25, -0.2) is 9.97 Å². The van der Waals surface area contributed by atoms with Crippen molar-refractivity contribution in [3.63, 3.8) is 0 Å². The quantitative estimate of drug-likeness (QED) is 0.450. The molecule has 4 rings (SSSR count). The molecule has 3 N–H and O–H groups in total. The Hall–Kier alpha value is -3.87. The number of anilines is 2. The van der Waals surface area contributed by atoms with Crippen LogP contribution in [0.25, 0.3) is 10.9 Å². The second-order valence-corrected chi connectivity index (χ2v) is 6.48. The highest BCUT2D eigenvalue weighted by Crippen LogP contribution is 2.26. The van der Waals surface area contributed by atoms with Gasteiger partial charge < -0.3 is 20.4 Å². The van der Waals surface area contributed by atoms with Crippen LogP contribution in [0.2, 0.25) is 0 Å². The number of para-hydroxylation sites is 3. The first kappa shape index (κ1) is 18.5. The SMILES string of the molecule is COc1ccccc1Nc1cc(C(=O)NCCc2c[nH]c3ccccc23)ncn1. The summed E-state index contributed by atoms with van der Waals surface area (Å²) >= 11 is 0. The minimum absolute atomic E-state index is 0.240. The minimum atomic E-state index is -0.240. The van der Waals surface area contributed by atoms with Gasteiger partial charge in [-0.3, -0.25) is 4.79 Å². The highest BCUT2D eigenvalue weighted by atomic mass is 16.5. The summed E-state index contributed by atoms with van der Waals surface area (Å²) in [6.07, 6.45) is 4.08. The number of aromatic nitrogens is 3. The number of hydrogen-bond acceptors (Lipinski definition) is 5.